The maximum Gasteiger partial charge on any atom is 0.416 e. The molecule has 120 valence electrons. The summed E-state index contributed by atoms with van der Waals surface area (Å²) >= 11 is 5.94. The largest absolute Gasteiger partial charge is 0.416 e. The van der Waals surface area contributed by atoms with Crippen molar-refractivity contribution < 1.29 is 27.5 Å². The Morgan fingerprint density at radius 2 is 1.61 bits per heavy atom. The summed E-state index contributed by atoms with van der Waals surface area (Å²) in [7, 11) is 0. The highest BCUT2D eigenvalue weighted by atomic mass is 35.5. The summed E-state index contributed by atoms with van der Waals surface area (Å²) in [5, 5.41) is -0.0825. The molecule has 3 aliphatic rings. The first-order valence-corrected chi connectivity index (χ1v) is 7.25. The fourth-order valence-corrected chi connectivity index (χ4v) is 3.60. The number of fused-ring (bicyclic) bond motifs is 5. The Balaban J connectivity index is 1.78. The first kappa shape index (κ1) is 14.7. The standard InChI is InChI=1S/C15H9ClF3NO3/c16-7-2-1-6(15(17,18)19)5-8(7)20-13(21)11-9-3-4-10(23-9)12(11)14(20)22/h1-5,9-12H/t9-,10-,11-,12+/m0/s1. The van der Waals surface area contributed by atoms with E-state index >= 15 is 0 Å². The highest BCUT2D eigenvalue weighted by molar-refractivity contribution is 6.36. The van der Waals surface area contributed by atoms with E-state index in [0.717, 1.165) is 23.1 Å². The minimum atomic E-state index is -4.59. The molecular formula is C15H9ClF3NO3. The Morgan fingerprint density at radius 1 is 1.04 bits per heavy atom. The molecule has 0 aliphatic carbocycles. The number of alkyl halides is 3. The van der Waals surface area contributed by atoms with Crippen LogP contribution in [0.1, 0.15) is 5.56 Å². The number of imide groups is 1. The van der Waals surface area contributed by atoms with Crippen molar-refractivity contribution >= 4 is 29.1 Å². The Kier molecular flexibility index (Phi) is 2.93. The fraction of sp³-hybridized carbons (Fsp3) is 0.333. The van der Waals surface area contributed by atoms with E-state index in [9.17, 15) is 22.8 Å². The smallest absolute Gasteiger partial charge is 0.365 e. The van der Waals surface area contributed by atoms with Gasteiger partial charge in [-0.25, -0.2) is 4.90 Å². The van der Waals surface area contributed by atoms with E-state index in [1.54, 1.807) is 12.2 Å². The third-order valence-electron chi connectivity index (χ3n) is 4.42. The zero-order valence-electron chi connectivity index (χ0n) is 11.4. The minimum Gasteiger partial charge on any atom is -0.365 e. The number of anilines is 1. The average Bonchev–Trinajstić information content (AvgIpc) is 3.13. The molecule has 0 radical (unpaired) electrons. The Labute approximate surface area is 133 Å². The van der Waals surface area contributed by atoms with Gasteiger partial charge in [0, 0.05) is 0 Å². The highest BCUT2D eigenvalue weighted by Gasteiger charge is 2.61. The fourth-order valence-electron chi connectivity index (χ4n) is 3.40. The lowest BCUT2D eigenvalue weighted by Gasteiger charge is -2.20. The topological polar surface area (TPSA) is 46.6 Å². The van der Waals surface area contributed by atoms with Gasteiger partial charge in [0.05, 0.1) is 40.3 Å². The minimum absolute atomic E-state index is 0.0825. The van der Waals surface area contributed by atoms with Crippen LogP contribution in [0, 0.1) is 11.8 Å². The molecule has 0 N–H and O–H groups in total. The number of ether oxygens (including phenoxy) is 1. The molecule has 0 aromatic heterocycles. The maximum atomic E-state index is 12.9. The molecular weight excluding hydrogens is 335 g/mol. The van der Waals surface area contributed by atoms with Crippen LogP contribution < -0.4 is 4.90 Å². The number of hydrogen-bond acceptors (Lipinski definition) is 3. The molecule has 2 bridgehead atoms. The van der Waals surface area contributed by atoms with Gasteiger partial charge in [-0.15, -0.1) is 0 Å². The maximum absolute atomic E-state index is 12.9. The van der Waals surface area contributed by atoms with E-state index in [1.165, 1.54) is 0 Å². The monoisotopic (exact) mass is 343 g/mol. The van der Waals surface area contributed by atoms with Gasteiger partial charge in [-0.3, -0.25) is 9.59 Å². The predicted molar refractivity (Wildman–Crippen MR) is 73.7 cm³/mol. The first-order valence-electron chi connectivity index (χ1n) is 6.87. The quantitative estimate of drug-likeness (QED) is 0.582. The number of halogens is 4. The lowest BCUT2D eigenvalue weighted by Crippen LogP contribution is -2.34. The number of benzene rings is 1. The summed E-state index contributed by atoms with van der Waals surface area (Å²) in [6.45, 7) is 0. The van der Waals surface area contributed by atoms with Crippen LogP contribution in [0.4, 0.5) is 18.9 Å². The predicted octanol–water partition coefficient (Wildman–Crippen LogP) is 2.80. The molecule has 3 aliphatic heterocycles. The van der Waals surface area contributed by atoms with Gasteiger partial charge in [0.2, 0.25) is 11.8 Å². The summed E-state index contributed by atoms with van der Waals surface area (Å²) < 4.78 is 44.1. The molecule has 8 heteroatoms. The summed E-state index contributed by atoms with van der Waals surface area (Å²) in [4.78, 5) is 25.9. The van der Waals surface area contributed by atoms with Crippen LogP contribution in [-0.2, 0) is 20.5 Å². The molecule has 0 spiro atoms. The van der Waals surface area contributed by atoms with Gasteiger partial charge >= 0.3 is 6.18 Å². The van der Waals surface area contributed by atoms with E-state index in [1.807, 2.05) is 0 Å². The number of carbonyl (C=O) groups excluding carboxylic acids is 2. The number of rotatable bonds is 1. The second-order valence-electron chi connectivity index (χ2n) is 5.68. The average molecular weight is 344 g/mol. The van der Waals surface area contributed by atoms with Gasteiger partial charge in [-0.05, 0) is 18.2 Å². The van der Waals surface area contributed by atoms with E-state index < -0.39 is 47.6 Å². The number of carbonyl (C=O) groups is 2. The normalized spacial score (nSPS) is 32.1. The van der Waals surface area contributed by atoms with Crippen molar-refractivity contribution in [3.63, 3.8) is 0 Å². The summed E-state index contributed by atoms with van der Waals surface area (Å²) in [5.41, 5.74) is -1.20. The second-order valence-corrected chi connectivity index (χ2v) is 6.08. The zero-order valence-corrected chi connectivity index (χ0v) is 12.1. The molecule has 0 saturated carbocycles. The molecule has 4 nitrogen and oxygen atoms in total. The molecule has 4 rings (SSSR count). The van der Waals surface area contributed by atoms with Gasteiger partial charge in [0.25, 0.3) is 0 Å². The van der Waals surface area contributed by atoms with Crippen molar-refractivity contribution in [3.8, 4) is 0 Å². The molecule has 2 amide bonds. The molecule has 1 aromatic rings. The van der Waals surface area contributed by atoms with Gasteiger partial charge in [0.1, 0.15) is 0 Å². The molecule has 2 saturated heterocycles. The van der Waals surface area contributed by atoms with Crippen molar-refractivity contribution in [2.24, 2.45) is 11.8 Å². The van der Waals surface area contributed by atoms with Crippen LogP contribution in [0.25, 0.3) is 0 Å². The van der Waals surface area contributed by atoms with Crippen molar-refractivity contribution in [1.29, 1.82) is 0 Å². The van der Waals surface area contributed by atoms with Crippen molar-refractivity contribution in [3.05, 3.63) is 40.9 Å². The van der Waals surface area contributed by atoms with Crippen molar-refractivity contribution in [1.82, 2.24) is 0 Å². The summed E-state index contributed by atoms with van der Waals surface area (Å²) in [6, 6.07) is 2.58. The molecule has 23 heavy (non-hydrogen) atoms. The summed E-state index contributed by atoms with van der Waals surface area (Å²) in [6.07, 6.45) is -2.19. The molecule has 0 unspecified atom stereocenters. The highest BCUT2D eigenvalue weighted by Crippen LogP contribution is 2.47. The zero-order chi connectivity index (χ0) is 16.5. The van der Waals surface area contributed by atoms with Gasteiger partial charge in [-0.1, -0.05) is 23.8 Å². The van der Waals surface area contributed by atoms with Crippen LogP contribution in [0.15, 0.2) is 30.4 Å². The molecule has 1 aromatic carbocycles. The summed E-state index contributed by atoms with van der Waals surface area (Å²) in [5.74, 6) is -2.53. The van der Waals surface area contributed by atoms with Gasteiger partial charge < -0.3 is 4.74 Å². The van der Waals surface area contributed by atoms with E-state index in [0.29, 0.717) is 0 Å². The van der Waals surface area contributed by atoms with Gasteiger partial charge in [0.15, 0.2) is 0 Å². The van der Waals surface area contributed by atoms with Crippen LogP contribution in [0.5, 0.6) is 0 Å². The molecule has 4 atom stereocenters. The van der Waals surface area contributed by atoms with Gasteiger partial charge in [-0.2, -0.15) is 13.2 Å². The Bertz CT molecular complexity index is 731. The molecule has 2 fully saturated rings. The number of nitrogens with zero attached hydrogens (tertiary/aromatic N) is 1. The third kappa shape index (κ3) is 1.96. The van der Waals surface area contributed by atoms with Crippen molar-refractivity contribution in [2.45, 2.75) is 18.4 Å². The van der Waals surface area contributed by atoms with Crippen LogP contribution in [-0.4, -0.2) is 24.0 Å². The van der Waals surface area contributed by atoms with E-state index in [2.05, 4.69) is 0 Å². The van der Waals surface area contributed by atoms with Crippen LogP contribution in [0.3, 0.4) is 0 Å². The molecule has 3 heterocycles. The Hall–Kier alpha value is -1.86. The van der Waals surface area contributed by atoms with E-state index in [-0.39, 0.29) is 10.7 Å². The second kappa shape index (κ2) is 4.58. The van der Waals surface area contributed by atoms with E-state index in [4.69, 9.17) is 16.3 Å². The SMILES string of the molecule is O=C1[C@@H]2[C@H](C(=O)N1c1cc(C(F)(F)F)ccc1Cl)[C@@H]1C=C[C@@H]2O1. The van der Waals surface area contributed by atoms with Crippen LogP contribution >= 0.6 is 11.6 Å². The first-order chi connectivity index (χ1) is 10.8. The lowest BCUT2D eigenvalue weighted by atomic mass is 9.85. The number of hydrogen-bond donors (Lipinski definition) is 0. The number of amides is 2. The van der Waals surface area contributed by atoms with Crippen LogP contribution in [0.2, 0.25) is 5.02 Å². The Morgan fingerprint density at radius 3 is 2.13 bits per heavy atom. The lowest BCUT2D eigenvalue weighted by molar-refractivity contribution is -0.137. The third-order valence-corrected chi connectivity index (χ3v) is 4.74. The van der Waals surface area contributed by atoms with Crippen molar-refractivity contribution in [2.75, 3.05) is 4.90 Å².